The van der Waals surface area contributed by atoms with Crippen molar-refractivity contribution in [2.24, 2.45) is 0 Å². The number of para-hydroxylation sites is 1. The summed E-state index contributed by atoms with van der Waals surface area (Å²) in [5.41, 5.74) is 3.67. The topological polar surface area (TPSA) is 96.0 Å². The Balaban J connectivity index is 1.54. The van der Waals surface area contributed by atoms with Crippen LogP contribution >= 0.6 is 0 Å². The molecule has 3 amide bonds. The van der Waals surface area contributed by atoms with E-state index >= 15 is 0 Å². The Morgan fingerprint density at radius 1 is 0.867 bits per heavy atom. The number of aryl methyl sites for hydroxylation is 1. The molecule has 0 unspecified atom stereocenters. The van der Waals surface area contributed by atoms with Gasteiger partial charge in [-0.3, -0.25) is 10.1 Å². The van der Waals surface area contributed by atoms with Crippen molar-refractivity contribution in [1.82, 2.24) is 15.3 Å². The molecular formula is C23H19N5O2. The zero-order chi connectivity index (χ0) is 20.9. The molecule has 1 heterocycles. The molecule has 3 N–H and O–H groups in total. The molecule has 0 saturated heterocycles. The van der Waals surface area contributed by atoms with Gasteiger partial charge in [-0.25, -0.2) is 14.8 Å². The van der Waals surface area contributed by atoms with E-state index in [0.717, 1.165) is 22.2 Å². The van der Waals surface area contributed by atoms with Crippen LogP contribution in [0, 0.1) is 6.92 Å². The van der Waals surface area contributed by atoms with Crippen LogP contribution in [0.15, 0.2) is 79.1 Å². The van der Waals surface area contributed by atoms with Crippen LogP contribution in [0.5, 0.6) is 0 Å². The van der Waals surface area contributed by atoms with Gasteiger partial charge in [0.15, 0.2) is 0 Å². The molecule has 148 valence electrons. The minimum absolute atomic E-state index is 0.407. The van der Waals surface area contributed by atoms with Gasteiger partial charge in [-0.15, -0.1) is 0 Å². The zero-order valence-corrected chi connectivity index (χ0v) is 16.2. The van der Waals surface area contributed by atoms with Gasteiger partial charge in [0.1, 0.15) is 12.1 Å². The number of hydrogen-bond donors (Lipinski definition) is 3. The molecule has 7 heteroatoms. The predicted octanol–water partition coefficient (Wildman–Crippen LogP) is 4.64. The minimum Gasteiger partial charge on any atom is -0.339 e. The van der Waals surface area contributed by atoms with Crippen molar-refractivity contribution in [2.75, 3.05) is 10.6 Å². The summed E-state index contributed by atoms with van der Waals surface area (Å²) < 4.78 is 0. The highest BCUT2D eigenvalue weighted by Gasteiger charge is 2.11. The number of carbonyl (C=O) groups excluding carboxylic acids is 2. The molecule has 0 radical (unpaired) electrons. The van der Waals surface area contributed by atoms with Crippen molar-refractivity contribution in [3.05, 3.63) is 90.3 Å². The molecule has 0 aliphatic heterocycles. The largest absolute Gasteiger partial charge is 0.339 e. The van der Waals surface area contributed by atoms with Gasteiger partial charge < -0.3 is 10.6 Å². The van der Waals surface area contributed by atoms with Crippen molar-refractivity contribution in [3.63, 3.8) is 0 Å². The second-order valence-electron chi connectivity index (χ2n) is 6.67. The first-order valence-electron chi connectivity index (χ1n) is 9.35. The van der Waals surface area contributed by atoms with E-state index < -0.39 is 11.9 Å². The second-order valence-corrected chi connectivity index (χ2v) is 6.67. The maximum Gasteiger partial charge on any atom is 0.326 e. The van der Waals surface area contributed by atoms with E-state index in [-0.39, 0.29) is 0 Å². The van der Waals surface area contributed by atoms with Crippen molar-refractivity contribution in [2.45, 2.75) is 6.92 Å². The highest BCUT2D eigenvalue weighted by atomic mass is 16.2. The summed E-state index contributed by atoms with van der Waals surface area (Å²) in [5.74, 6) is 0.151. The summed E-state index contributed by atoms with van der Waals surface area (Å²) in [7, 11) is 0. The maximum atomic E-state index is 12.3. The van der Waals surface area contributed by atoms with Crippen molar-refractivity contribution < 1.29 is 9.59 Å². The lowest BCUT2D eigenvalue weighted by atomic mass is 10.1. The van der Waals surface area contributed by atoms with E-state index in [1.807, 2.05) is 31.2 Å². The lowest BCUT2D eigenvalue weighted by Gasteiger charge is -2.12. The number of imide groups is 1. The highest BCUT2D eigenvalue weighted by molar-refractivity contribution is 6.08. The van der Waals surface area contributed by atoms with Gasteiger partial charge in [0.25, 0.3) is 5.91 Å². The Labute approximate surface area is 173 Å². The van der Waals surface area contributed by atoms with E-state index in [4.69, 9.17) is 0 Å². The van der Waals surface area contributed by atoms with E-state index in [2.05, 4.69) is 25.9 Å². The maximum absolute atomic E-state index is 12.3. The highest BCUT2D eigenvalue weighted by Crippen LogP contribution is 2.27. The van der Waals surface area contributed by atoms with Crippen LogP contribution < -0.4 is 16.0 Å². The van der Waals surface area contributed by atoms with Crippen LogP contribution in [0.4, 0.5) is 22.0 Å². The number of nitrogens with one attached hydrogen (secondary N) is 3. The molecule has 0 bridgehead atoms. The van der Waals surface area contributed by atoms with Gasteiger partial charge in [-0.2, -0.15) is 0 Å². The quantitative estimate of drug-likeness (QED) is 0.466. The summed E-state index contributed by atoms with van der Waals surface area (Å²) in [5, 5.41) is 9.06. The predicted molar refractivity (Wildman–Crippen MR) is 117 cm³/mol. The molecule has 0 atom stereocenters. The fraction of sp³-hybridized carbons (Fsp3) is 0.0435. The number of nitrogens with zero attached hydrogens (tertiary/aromatic N) is 2. The second kappa shape index (κ2) is 8.40. The third-order valence-corrected chi connectivity index (χ3v) is 4.55. The van der Waals surface area contributed by atoms with Crippen molar-refractivity contribution in [1.29, 1.82) is 0 Å². The summed E-state index contributed by atoms with van der Waals surface area (Å²) in [6, 6.07) is 21.1. The standard InChI is InChI=1S/C23H19N5O2/c1-15-7-5-6-10-19(15)27-21-18-13-17(11-12-20(18)24-14-25-21)26-23(30)28-22(29)16-8-3-2-4-9-16/h2-14H,1H3,(H,24,25,27)(H2,26,28,29,30). The first-order chi connectivity index (χ1) is 14.6. The Morgan fingerprint density at radius 3 is 2.43 bits per heavy atom. The van der Waals surface area contributed by atoms with E-state index in [0.29, 0.717) is 17.1 Å². The normalized spacial score (nSPS) is 10.4. The Bertz CT molecular complexity index is 1220. The third-order valence-electron chi connectivity index (χ3n) is 4.55. The molecule has 7 nitrogen and oxygen atoms in total. The van der Waals surface area contributed by atoms with E-state index in [1.54, 1.807) is 48.5 Å². The summed E-state index contributed by atoms with van der Waals surface area (Å²) >= 11 is 0. The average Bonchev–Trinajstić information content (AvgIpc) is 2.76. The molecule has 4 aromatic rings. The van der Waals surface area contributed by atoms with Gasteiger partial charge >= 0.3 is 6.03 Å². The molecule has 0 fully saturated rings. The number of fused-ring (bicyclic) bond motifs is 1. The van der Waals surface area contributed by atoms with Crippen LogP contribution in [-0.2, 0) is 0 Å². The number of hydrogen-bond acceptors (Lipinski definition) is 5. The molecule has 4 rings (SSSR count). The van der Waals surface area contributed by atoms with E-state index in [1.165, 1.54) is 6.33 Å². The van der Waals surface area contributed by atoms with E-state index in [9.17, 15) is 9.59 Å². The molecular weight excluding hydrogens is 378 g/mol. The van der Waals surface area contributed by atoms with Crippen LogP contribution in [0.2, 0.25) is 0 Å². The van der Waals surface area contributed by atoms with Crippen molar-refractivity contribution >= 4 is 40.0 Å². The average molecular weight is 397 g/mol. The monoisotopic (exact) mass is 397 g/mol. The number of aromatic nitrogens is 2. The summed E-state index contributed by atoms with van der Waals surface area (Å²) in [6.07, 6.45) is 1.49. The molecule has 1 aromatic heterocycles. The van der Waals surface area contributed by atoms with Gasteiger partial charge in [0, 0.05) is 22.3 Å². The molecule has 0 saturated carbocycles. The fourth-order valence-electron chi connectivity index (χ4n) is 3.00. The third kappa shape index (κ3) is 4.25. The first-order valence-corrected chi connectivity index (χ1v) is 9.35. The first kappa shape index (κ1) is 19.1. The van der Waals surface area contributed by atoms with Gasteiger partial charge in [0.2, 0.25) is 0 Å². The van der Waals surface area contributed by atoms with Crippen LogP contribution in [0.1, 0.15) is 15.9 Å². The Morgan fingerprint density at radius 2 is 1.63 bits per heavy atom. The van der Waals surface area contributed by atoms with Gasteiger partial charge in [-0.05, 0) is 48.9 Å². The van der Waals surface area contributed by atoms with Gasteiger partial charge in [0.05, 0.1) is 5.52 Å². The molecule has 0 aliphatic carbocycles. The van der Waals surface area contributed by atoms with Crippen LogP contribution in [-0.4, -0.2) is 21.9 Å². The Hall–Kier alpha value is -4.26. The summed E-state index contributed by atoms with van der Waals surface area (Å²) in [6.45, 7) is 2.01. The van der Waals surface area contributed by atoms with Gasteiger partial charge in [-0.1, -0.05) is 36.4 Å². The number of carbonyl (C=O) groups is 2. The molecule has 30 heavy (non-hydrogen) atoms. The lowest BCUT2D eigenvalue weighted by Crippen LogP contribution is -2.34. The Kier molecular flexibility index (Phi) is 5.34. The molecule has 3 aromatic carbocycles. The zero-order valence-electron chi connectivity index (χ0n) is 16.2. The smallest absolute Gasteiger partial charge is 0.326 e. The fourth-order valence-corrected chi connectivity index (χ4v) is 3.00. The number of anilines is 3. The molecule has 0 spiro atoms. The number of rotatable bonds is 4. The molecule has 0 aliphatic rings. The number of urea groups is 1. The summed E-state index contributed by atoms with van der Waals surface area (Å²) in [4.78, 5) is 33.0. The minimum atomic E-state index is -0.617. The lowest BCUT2D eigenvalue weighted by molar-refractivity contribution is 0.0967. The van der Waals surface area contributed by atoms with Crippen molar-refractivity contribution in [3.8, 4) is 0 Å². The van der Waals surface area contributed by atoms with Crippen LogP contribution in [0.25, 0.3) is 10.9 Å². The van der Waals surface area contributed by atoms with Crippen LogP contribution in [0.3, 0.4) is 0 Å². The number of benzene rings is 3. The number of amides is 3. The SMILES string of the molecule is Cc1ccccc1Nc1ncnc2ccc(NC(=O)NC(=O)c3ccccc3)cc12.